The van der Waals surface area contributed by atoms with Crippen LogP contribution in [0.1, 0.15) is 36.5 Å². The molecule has 2 aliphatic heterocycles. The van der Waals surface area contributed by atoms with E-state index in [4.69, 9.17) is 18.9 Å². The zero-order chi connectivity index (χ0) is 18.5. The minimum atomic E-state index is -0.554. The van der Waals surface area contributed by atoms with E-state index in [1.807, 2.05) is 30.3 Å². The monoisotopic (exact) mass is 370 g/mol. The Morgan fingerprint density at radius 2 is 1.26 bits per heavy atom. The standard InChI is InChI=1S/C20H22N2O5/c23-22(18-10-4-2-8-16(18)20-26-13-6-14-27-20)21-17-9-3-1-7-15(17)19-24-11-5-12-25-19/h1-4,7-10,19-20H,5-6,11-14H2. The van der Waals surface area contributed by atoms with Gasteiger partial charge in [-0.25, -0.2) is 0 Å². The van der Waals surface area contributed by atoms with E-state index in [2.05, 4.69) is 5.11 Å². The Kier molecular flexibility index (Phi) is 5.74. The maximum Gasteiger partial charge on any atom is 0.253 e. The summed E-state index contributed by atoms with van der Waals surface area (Å²) in [5.74, 6) is 0. The first-order valence-electron chi connectivity index (χ1n) is 9.16. The van der Waals surface area contributed by atoms with E-state index >= 15 is 0 Å². The SMILES string of the molecule is [O-][N+](=Nc1ccccc1C1OCCCO1)c1ccccc1C1OCCCO1. The lowest BCUT2D eigenvalue weighted by molar-refractivity contribution is -0.437. The van der Waals surface area contributed by atoms with Gasteiger partial charge >= 0.3 is 0 Å². The van der Waals surface area contributed by atoms with Crippen molar-refractivity contribution in [1.29, 1.82) is 0 Å². The highest BCUT2D eigenvalue weighted by Gasteiger charge is 2.25. The van der Waals surface area contributed by atoms with Gasteiger partial charge in [-0.3, -0.25) is 0 Å². The normalized spacial score (nSPS) is 19.9. The van der Waals surface area contributed by atoms with Gasteiger partial charge in [0.1, 0.15) is 5.69 Å². The van der Waals surface area contributed by atoms with E-state index < -0.39 is 12.6 Å². The van der Waals surface area contributed by atoms with Crippen LogP contribution < -0.4 is 0 Å². The van der Waals surface area contributed by atoms with Crippen LogP contribution in [0.2, 0.25) is 0 Å². The van der Waals surface area contributed by atoms with E-state index in [0.717, 1.165) is 18.4 Å². The Bertz CT molecular complexity index is 798. The lowest BCUT2D eigenvalue weighted by atomic mass is 10.1. The molecule has 4 rings (SSSR count). The Hall–Kier alpha value is -2.32. The van der Waals surface area contributed by atoms with Crippen LogP contribution >= 0.6 is 0 Å². The van der Waals surface area contributed by atoms with Gasteiger partial charge in [-0.15, -0.1) is 0 Å². The number of nitrogens with zero attached hydrogens (tertiary/aromatic N) is 2. The van der Waals surface area contributed by atoms with Crippen LogP contribution in [-0.4, -0.2) is 31.3 Å². The predicted molar refractivity (Wildman–Crippen MR) is 96.8 cm³/mol. The van der Waals surface area contributed by atoms with E-state index in [-0.39, 0.29) is 0 Å². The van der Waals surface area contributed by atoms with Gasteiger partial charge in [-0.05, 0) is 29.8 Å². The molecule has 2 fully saturated rings. The third-order valence-corrected chi connectivity index (χ3v) is 4.44. The van der Waals surface area contributed by atoms with E-state index in [1.165, 1.54) is 0 Å². The average Bonchev–Trinajstić information content (AvgIpc) is 2.75. The van der Waals surface area contributed by atoms with Gasteiger partial charge in [-0.1, -0.05) is 30.3 Å². The van der Waals surface area contributed by atoms with Crippen molar-refractivity contribution in [3.8, 4) is 0 Å². The van der Waals surface area contributed by atoms with Crippen molar-refractivity contribution >= 4 is 11.4 Å². The van der Waals surface area contributed by atoms with E-state index in [0.29, 0.717) is 48.2 Å². The molecule has 2 saturated heterocycles. The molecule has 7 heteroatoms. The zero-order valence-corrected chi connectivity index (χ0v) is 15.0. The maximum absolute atomic E-state index is 12.9. The summed E-state index contributed by atoms with van der Waals surface area (Å²) in [5.41, 5.74) is 2.31. The van der Waals surface area contributed by atoms with Crippen LogP contribution in [0.15, 0.2) is 53.6 Å². The second-order valence-electron chi connectivity index (χ2n) is 6.34. The van der Waals surface area contributed by atoms with Gasteiger partial charge in [0.25, 0.3) is 5.69 Å². The van der Waals surface area contributed by atoms with Crippen LogP contribution in [0.25, 0.3) is 0 Å². The van der Waals surface area contributed by atoms with Gasteiger partial charge in [-0.2, -0.15) is 0 Å². The van der Waals surface area contributed by atoms with E-state index in [1.54, 1.807) is 18.2 Å². The van der Waals surface area contributed by atoms with Crippen LogP contribution in [0, 0.1) is 5.21 Å². The number of rotatable bonds is 4. The molecule has 7 nitrogen and oxygen atoms in total. The topological polar surface area (TPSA) is 75.4 Å². The molecule has 0 unspecified atom stereocenters. The molecule has 0 aliphatic carbocycles. The largest absolute Gasteiger partial charge is 0.594 e. The fourth-order valence-electron chi connectivity index (χ4n) is 3.13. The summed E-state index contributed by atoms with van der Waals surface area (Å²) in [5, 5.41) is 17.1. The van der Waals surface area contributed by atoms with Crippen molar-refractivity contribution in [2.75, 3.05) is 26.4 Å². The second-order valence-corrected chi connectivity index (χ2v) is 6.34. The van der Waals surface area contributed by atoms with E-state index in [9.17, 15) is 5.21 Å². The van der Waals surface area contributed by atoms with Gasteiger partial charge in [0.05, 0.1) is 32.0 Å². The summed E-state index contributed by atoms with van der Waals surface area (Å²) in [6.45, 7) is 2.46. The molecule has 2 heterocycles. The third-order valence-electron chi connectivity index (χ3n) is 4.44. The lowest BCUT2D eigenvalue weighted by Gasteiger charge is -2.24. The smallest absolute Gasteiger partial charge is 0.253 e. The number of benzene rings is 2. The molecule has 2 aromatic rings. The molecule has 0 radical (unpaired) electrons. The maximum atomic E-state index is 12.9. The predicted octanol–water partition coefficient (Wildman–Crippen LogP) is 4.48. The number of ether oxygens (including phenoxy) is 4. The molecule has 0 bridgehead atoms. The van der Waals surface area contributed by atoms with Crippen molar-refractivity contribution in [3.05, 3.63) is 64.9 Å². The molecule has 2 aliphatic rings. The van der Waals surface area contributed by atoms with Crippen LogP contribution in [-0.2, 0) is 18.9 Å². The highest BCUT2D eigenvalue weighted by Crippen LogP contribution is 2.34. The third kappa shape index (κ3) is 4.17. The molecular weight excluding hydrogens is 348 g/mol. The first-order chi connectivity index (χ1) is 13.3. The van der Waals surface area contributed by atoms with Crippen molar-refractivity contribution in [1.82, 2.24) is 0 Å². The molecule has 142 valence electrons. The number of hydrogen-bond acceptors (Lipinski definition) is 6. The summed E-state index contributed by atoms with van der Waals surface area (Å²) in [6.07, 6.45) is 0.645. The molecule has 0 aromatic heterocycles. The van der Waals surface area contributed by atoms with Crippen LogP contribution in [0.3, 0.4) is 0 Å². The first-order valence-corrected chi connectivity index (χ1v) is 9.16. The summed E-state index contributed by atoms with van der Waals surface area (Å²) in [6, 6.07) is 14.5. The molecule has 2 aromatic carbocycles. The Labute approximate surface area is 157 Å². The summed E-state index contributed by atoms with van der Waals surface area (Å²) in [4.78, 5) is 0.609. The van der Waals surface area contributed by atoms with Gasteiger partial charge in [0.15, 0.2) is 12.6 Å². The fourth-order valence-corrected chi connectivity index (χ4v) is 3.13. The fraction of sp³-hybridized carbons (Fsp3) is 0.400. The lowest BCUT2D eigenvalue weighted by Crippen LogP contribution is -2.19. The molecule has 27 heavy (non-hydrogen) atoms. The number of hydrogen-bond donors (Lipinski definition) is 0. The van der Waals surface area contributed by atoms with Crippen molar-refractivity contribution in [2.24, 2.45) is 5.11 Å². The van der Waals surface area contributed by atoms with Crippen molar-refractivity contribution in [2.45, 2.75) is 25.4 Å². The molecule has 0 atom stereocenters. The Balaban J connectivity index is 1.66. The number of azo groups is 1. The quantitative estimate of drug-likeness (QED) is 0.450. The average molecular weight is 370 g/mol. The molecule has 0 saturated carbocycles. The second kappa shape index (κ2) is 8.58. The molecule has 0 amide bonds. The first kappa shape index (κ1) is 18.1. The minimum absolute atomic E-state index is 0.393. The number of para-hydroxylation sites is 1. The van der Waals surface area contributed by atoms with Gasteiger partial charge in [0, 0.05) is 16.7 Å². The van der Waals surface area contributed by atoms with Crippen LogP contribution in [0.4, 0.5) is 11.4 Å². The Morgan fingerprint density at radius 1 is 0.741 bits per heavy atom. The summed E-state index contributed by atoms with van der Waals surface area (Å²) in [7, 11) is 0. The van der Waals surface area contributed by atoms with Gasteiger partial charge in [0.2, 0.25) is 0 Å². The van der Waals surface area contributed by atoms with Crippen molar-refractivity contribution in [3.63, 3.8) is 0 Å². The minimum Gasteiger partial charge on any atom is -0.594 e. The van der Waals surface area contributed by atoms with Crippen LogP contribution in [0.5, 0.6) is 0 Å². The summed E-state index contributed by atoms with van der Waals surface area (Å²) < 4.78 is 22.6. The summed E-state index contributed by atoms with van der Waals surface area (Å²) >= 11 is 0. The zero-order valence-electron chi connectivity index (χ0n) is 15.0. The molecule has 0 N–H and O–H groups in total. The molecule has 0 spiro atoms. The van der Waals surface area contributed by atoms with Gasteiger partial charge < -0.3 is 24.2 Å². The van der Waals surface area contributed by atoms with Crippen molar-refractivity contribution < 1.29 is 23.8 Å². The highest BCUT2D eigenvalue weighted by atomic mass is 16.7. The highest BCUT2D eigenvalue weighted by molar-refractivity contribution is 5.46. The molecular formula is C20H22N2O5. The Morgan fingerprint density at radius 3 is 1.93 bits per heavy atom.